The fourth-order valence-corrected chi connectivity index (χ4v) is 2.54. The third-order valence-corrected chi connectivity index (χ3v) is 3.91. The molecular formula is C18H18ClN5O5. The van der Waals surface area contributed by atoms with Crippen molar-refractivity contribution in [3.8, 4) is 5.75 Å². The summed E-state index contributed by atoms with van der Waals surface area (Å²) in [5, 5.41) is 11.8. The molecule has 0 unspecified atom stereocenters. The van der Waals surface area contributed by atoms with Gasteiger partial charge in [-0.05, 0) is 29.8 Å². The third kappa shape index (κ3) is 4.62. The number of hydrogen-bond donors (Lipinski definition) is 4. The standard InChI is InChI=1S/C9H7N3O3.C9H10N2O2.ClH/c10-12-7(9(14)15)11-6-4-2-1-3-5(6)8(12)13;10-4-6-1-2-7-8(3-6)13-5-9(12)11-7;/h1-4H,10H2,(H,14,15);1-3H,4-5,10H2,(H,11,12);1H. The van der Waals surface area contributed by atoms with E-state index in [1.807, 2.05) is 12.1 Å². The SMILES string of the molecule is Cl.NCc1ccc2c(c1)OCC(=O)N2.Nn1c(C(=O)O)nc2ccccc2c1=O. The van der Waals surface area contributed by atoms with E-state index in [0.717, 1.165) is 5.56 Å². The van der Waals surface area contributed by atoms with Crippen LogP contribution in [0.5, 0.6) is 5.75 Å². The number of carboxylic acids is 1. The van der Waals surface area contributed by atoms with Gasteiger partial charge in [-0.15, -0.1) is 12.4 Å². The number of nitrogens with one attached hydrogen (secondary N) is 1. The molecule has 0 saturated carbocycles. The molecule has 29 heavy (non-hydrogen) atoms. The molecule has 1 aromatic heterocycles. The Labute approximate surface area is 170 Å². The second-order valence-corrected chi connectivity index (χ2v) is 5.80. The van der Waals surface area contributed by atoms with Crippen LogP contribution in [0.4, 0.5) is 5.69 Å². The smallest absolute Gasteiger partial charge is 0.374 e. The van der Waals surface area contributed by atoms with Crippen molar-refractivity contribution in [1.29, 1.82) is 0 Å². The van der Waals surface area contributed by atoms with Gasteiger partial charge in [0.2, 0.25) is 5.82 Å². The normalized spacial score (nSPS) is 11.8. The van der Waals surface area contributed by atoms with Crippen molar-refractivity contribution in [1.82, 2.24) is 9.66 Å². The summed E-state index contributed by atoms with van der Waals surface area (Å²) in [6, 6.07) is 11.9. The number of nitrogen functional groups attached to an aromatic ring is 1. The highest BCUT2D eigenvalue weighted by Crippen LogP contribution is 2.28. The molecule has 1 aliphatic heterocycles. The molecule has 0 saturated heterocycles. The quantitative estimate of drug-likeness (QED) is 0.441. The number of aromatic carboxylic acids is 1. The lowest BCUT2D eigenvalue weighted by Crippen LogP contribution is -2.33. The number of para-hydroxylation sites is 1. The Hall–Kier alpha value is -3.63. The first kappa shape index (κ1) is 21.7. The minimum absolute atomic E-state index is 0. The molecule has 1 aliphatic rings. The van der Waals surface area contributed by atoms with E-state index in [0.29, 0.717) is 33.6 Å². The summed E-state index contributed by atoms with van der Waals surface area (Å²) in [7, 11) is 0. The van der Waals surface area contributed by atoms with Crippen LogP contribution in [-0.4, -0.2) is 33.2 Å². The maximum Gasteiger partial charge on any atom is 0.374 e. The van der Waals surface area contributed by atoms with E-state index in [-0.39, 0.29) is 24.9 Å². The molecule has 0 spiro atoms. The summed E-state index contributed by atoms with van der Waals surface area (Å²) >= 11 is 0. The summed E-state index contributed by atoms with van der Waals surface area (Å²) in [5.41, 5.74) is 6.93. The lowest BCUT2D eigenvalue weighted by atomic mass is 10.2. The number of amides is 1. The van der Waals surface area contributed by atoms with E-state index in [1.165, 1.54) is 0 Å². The summed E-state index contributed by atoms with van der Waals surface area (Å²) in [6.45, 7) is 0.561. The minimum Gasteiger partial charge on any atom is -0.482 e. The van der Waals surface area contributed by atoms with Crippen LogP contribution in [0, 0.1) is 0 Å². The Kier molecular flexibility index (Phi) is 6.75. The molecule has 6 N–H and O–H groups in total. The number of rotatable bonds is 2. The van der Waals surface area contributed by atoms with Gasteiger partial charge < -0.3 is 26.7 Å². The molecule has 10 nitrogen and oxygen atoms in total. The maximum absolute atomic E-state index is 11.6. The van der Waals surface area contributed by atoms with Gasteiger partial charge in [-0.3, -0.25) is 9.59 Å². The van der Waals surface area contributed by atoms with E-state index in [4.69, 9.17) is 21.4 Å². The van der Waals surface area contributed by atoms with Gasteiger partial charge in [-0.2, -0.15) is 0 Å². The van der Waals surface area contributed by atoms with Crippen LogP contribution in [0.2, 0.25) is 0 Å². The first-order valence-electron chi connectivity index (χ1n) is 8.16. The maximum atomic E-state index is 11.6. The van der Waals surface area contributed by atoms with Gasteiger partial charge in [0.1, 0.15) is 5.75 Å². The predicted octanol–water partition coefficient (Wildman–Crippen LogP) is 0.706. The van der Waals surface area contributed by atoms with Gasteiger partial charge in [0, 0.05) is 6.54 Å². The number of benzene rings is 2. The van der Waals surface area contributed by atoms with Crippen LogP contribution in [0.25, 0.3) is 10.9 Å². The van der Waals surface area contributed by atoms with Gasteiger partial charge in [0.15, 0.2) is 6.61 Å². The fraction of sp³-hybridized carbons (Fsp3) is 0.111. The summed E-state index contributed by atoms with van der Waals surface area (Å²) < 4.78 is 5.74. The topological polar surface area (TPSA) is 163 Å². The Balaban J connectivity index is 0.000000202. The van der Waals surface area contributed by atoms with Crippen molar-refractivity contribution in [2.45, 2.75) is 6.54 Å². The number of hydrogen-bond acceptors (Lipinski definition) is 7. The third-order valence-electron chi connectivity index (χ3n) is 3.91. The lowest BCUT2D eigenvalue weighted by molar-refractivity contribution is -0.118. The molecule has 2 aromatic carbocycles. The highest BCUT2D eigenvalue weighted by atomic mass is 35.5. The number of anilines is 1. The van der Waals surface area contributed by atoms with Gasteiger partial charge in [-0.1, -0.05) is 18.2 Å². The highest BCUT2D eigenvalue weighted by molar-refractivity contribution is 5.95. The monoisotopic (exact) mass is 419 g/mol. The summed E-state index contributed by atoms with van der Waals surface area (Å²) in [5.74, 6) is 4.08. The second-order valence-electron chi connectivity index (χ2n) is 5.80. The Morgan fingerprint density at radius 3 is 2.66 bits per heavy atom. The number of ether oxygens (including phenoxy) is 1. The number of carbonyl (C=O) groups is 2. The van der Waals surface area contributed by atoms with Crippen LogP contribution >= 0.6 is 12.4 Å². The Morgan fingerprint density at radius 2 is 1.97 bits per heavy atom. The number of aromatic nitrogens is 2. The molecule has 0 radical (unpaired) electrons. The van der Waals surface area contributed by atoms with Gasteiger partial charge in [0.25, 0.3) is 11.5 Å². The minimum atomic E-state index is -1.33. The zero-order valence-electron chi connectivity index (χ0n) is 15.0. The molecule has 1 amide bonds. The summed E-state index contributed by atoms with van der Waals surface area (Å²) in [4.78, 5) is 37.0. The molecule has 0 fully saturated rings. The van der Waals surface area contributed by atoms with E-state index < -0.39 is 17.4 Å². The van der Waals surface area contributed by atoms with Crippen molar-refractivity contribution in [3.63, 3.8) is 0 Å². The molecule has 0 bridgehead atoms. The van der Waals surface area contributed by atoms with Crippen molar-refractivity contribution in [2.24, 2.45) is 5.73 Å². The highest BCUT2D eigenvalue weighted by Gasteiger charge is 2.15. The van der Waals surface area contributed by atoms with E-state index >= 15 is 0 Å². The number of halogens is 1. The Morgan fingerprint density at radius 1 is 1.24 bits per heavy atom. The molecule has 0 atom stereocenters. The van der Waals surface area contributed by atoms with Crippen LogP contribution < -0.4 is 27.2 Å². The molecule has 3 aromatic rings. The van der Waals surface area contributed by atoms with E-state index in [2.05, 4.69) is 10.3 Å². The average molecular weight is 420 g/mol. The largest absolute Gasteiger partial charge is 0.482 e. The number of nitrogens with zero attached hydrogens (tertiary/aromatic N) is 2. The van der Waals surface area contributed by atoms with Gasteiger partial charge in [0.05, 0.1) is 16.6 Å². The first-order chi connectivity index (χ1) is 13.4. The van der Waals surface area contributed by atoms with Crippen LogP contribution in [-0.2, 0) is 11.3 Å². The molecule has 152 valence electrons. The van der Waals surface area contributed by atoms with E-state index in [9.17, 15) is 14.4 Å². The van der Waals surface area contributed by atoms with Crippen LogP contribution in [0.1, 0.15) is 16.2 Å². The number of nitrogens with two attached hydrogens (primary N) is 2. The van der Waals surface area contributed by atoms with Gasteiger partial charge >= 0.3 is 5.97 Å². The predicted molar refractivity (Wildman–Crippen MR) is 109 cm³/mol. The zero-order valence-corrected chi connectivity index (χ0v) is 15.8. The molecule has 11 heteroatoms. The molecule has 0 aliphatic carbocycles. The molecule has 4 rings (SSSR count). The van der Waals surface area contributed by atoms with Crippen LogP contribution in [0.3, 0.4) is 0 Å². The Bertz CT molecular complexity index is 1130. The van der Waals surface area contributed by atoms with Crippen molar-refractivity contribution < 1.29 is 19.4 Å². The fourth-order valence-electron chi connectivity index (χ4n) is 2.54. The van der Waals surface area contributed by atoms with Crippen molar-refractivity contribution in [2.75, 3.05) is 17.8 Å². The zero-order chi connectivity index (χ0) is 20.3. The van der Waals surface area contributed by atoms with Crippen molar-refractivity contribution in [3.05, 3.63) is 64.2 Å². The van der Waals surface area contributed by atoms with Crippen molar-refractivity contribution >= 4 is 40.9 Å². The summed E-state index contributed by atoms with van der Waals surface area (Å²) in [6.07, 6.45) is 0. The second kappa shape index (κ2) is 9.04. The molecule has 2 heterocycles. The lowest BCUT2D eigenvalue weighted by Gasteiger charge is -2.18. The number of carboxylic acid groups (broad SMARTS) is 1. The number of fused-ring (bicyclic) bond motifs is 2. The van der Waals surface area contributed by atoms with Crippen LogP contribution in [0.15, 0.2) is 47.3 Å². The average Bonchev–Trinajstić information content (AvgIpc) is 2.70. The molecular weight excluding hydrogens is 402 g/mol. The van der Waals surface area contributed by atoms with Gasteiger partial charge in [-0.25, -0.2) is 14.5 Å². The number of carbonyl (C=O) groups excluding carboxylic acids is 1. The first-order valence-corrected chi connectivity index (χ1v) is 8.16. The van der Waals surface area contributed by atoms with E-state index in [1.54, 1.807) is 30.3 Å².